The average molecular weight is 235 g/mol. The second-order valence-electron chi connectivity index (χ2n) is 2.27. The van der Waals surface area contributed by atoms with Crippen molar-refractivity contribution < 1.29 is 0 Å². The third-order valence-corrected chi connectivity index (χ3v) is 2.62. The molecule has 0 amide bonds. The predicted octanol–water partition coefficient (Wildman–Crippen LogP) is 2.20. The lowest BCUT2D eigenvalue weighted by molar-refractivity contribution is 0.876. The van der Waals surface area contributed by atoms with Gasteiger partial charge < -0.3 is 5.32 Å². The van der Waals surface area contributed by atoms with Crippen molar-refractivity contribution in [3.63, 3.8) is 0 Å². The fourth-order valence-corrected chi connectivity index (χ4v) is 1.16. The lowest BCUT2D eigenvalue weighted by Crippen LogP contribution is -2.16. The number of dihydropyridines is 1. The van der Waals surface area contributed by atoms with Crippen molar-refractivity contribution >= 4 is 22.6 Å². The summed E-state index contributed by atoms with van der Waals surface area (Å²) in [6, 6.07) is 0. The molecule has 1 N–H and O–H groups in total. The third kappa shape index (κ3) is 1.71. The number of hydrogen-bond donors (Lipinski definition) is 1. The van der Waals surface area contributed by atoms with Gasteiger partial charge in [-0.05, 0) is 48.1 Å². The minimum Gasteiger partial charge on any atom is -0.384 e. The van der Waals surface area contributed by atoms with Gasteiger partial charge in [-0.3, -0.25) is 0 Å². The molecule has 50 valence electrons. The van der Waals surface area contributed by atoms with E-state index in [0.717, 1.165) is 6.54 Å². The van der Waals surface area contributed by atoms with Gasteiger partial charge in [-0.25, -0.2) is 0 Å². The van der Waals surface area contributed by atoms with Gasteiger partial charge in [0.05, 0.1) is 0 Å². The van der Waals surface area contributed by atoms with Gasteiger partial charge >= 0.3 is 0 Å². The Hall–Kier alpha value is 0.01000. The standard InChI is InChI=1S/C7H10IN/c1-5-3-6(2)9-4-7(5)8/h3,9H,4H2,1-2H3. The molecule has 1 nitrogen and oxygen atoms in total. The van der Waals surface area contributed by atoms with Crippen molar-refractivity contribution in [2.24, 2.45) is 0 Å². The Bertz CT molecular complexity index is 179. The number of hydrogen-bond acceptors (Lipinski definition) is 1. The third-order valence-electron chi connectivity index (χ3n) is 1.38. The molecule has 0 spiro atoms. The molecule has 0 saturated heterocycles. The highest BCUT2D eigenvalue weighted by atomic mass is 127. The molecular formula is C7H10IN. The van der Waals surface area contributed by atoms with Crippen LogP contribution in [0.2, 0.25) is 0 Å². The summed E-state index contributed by atoms with van der Waals surface area (Å²) in [6.45, 7) is 5.24. The first-order valence-electron chi connectivity index (χ1n) is 2.97. The molecule has 1 aliphatic rings. The number of allylic oxidation sites excluding steroid dienone is 3. The molecule has 1 aliphatic heterocycles. The van der Waals surface area contributed by atoms with E-state index in [0.29, 0.717) is 0 Å². The van der Waals surface area contributed by atoms with Crippen LogP contribution in [0, 0.1) is 0 Å². The topological polar surface area (TPSA) is 12.0 Å². The first-order chi connectivity index (χ1) is 4.20. The van der Waals surface area contributed by atoms with Gasteiger partial charge in [0.15, 0.2) is 0 Å². The van der Waals surface area contributed by atoms with Crippen LogP contribution in [0.5, 0.6) is 0 Å². The number of nitrogens with one attached hydrogen (secondary N) is 1. The van der Waals surface area contributed by atoms with Crippen LogP contribution in [0.15, 0.2) is 20.9 Å². The molecular weight excluding hydrogens is 225 g/mol. The van der Waals surface area contributed by atoms with E-state index >= 15 is 0 Å². The molecule has 0 radical (unpaired) electrons. The van der Waals surface area contributed by atoms with Crippen molar-refractivity contribution in [1.82, 2.24) is 5.32 Å². The lowest BCUT2D eigenvalue weighted by atomic mass is 10.2. The molecule has 1 heterocycles. The minimum absolute atomic E-state index is 1.01. The Balaban J connectivity index is 2.83. The van der Waals surface area contributed by atoms with Crippen molar-refractivity contribution in [1.29, 1.82) is 0 Å². The van der Waals surface area contributed by atoms with E-state index in [1.165, 1.54) is 14.8 Å². The van der Waals surface area contributed by atoms with Gasteiger partial charge in [0, 0.05) is 15.8 Å². The van der Waals surface area contributed by atoms with Gasteiger partial charge in [-0.1, -0.05) is 0 Å². The van der Waals surface area contributed by atoms with Crippen LogP contribution in [0.3, 0.4) is 0 Å². The normalized spacial score (nSPS) is 19.2. The monoisotopic (exact) mass is 235 g/mol. The molecule has 0 aromatic rings. The van der Waals surface area contributed by atoms with Gasteiger partial charge in [-0.15, -0.1) is 0 Å². The van der Waals surface area contributed by atoms with E-state index < -0.39 is 0 Å². The molecule has 0 atom stereocenters. The van der Waals surface area contributed by atoms with Crippen LogP contribution in [0.25, 0.3) is 0 Å². The molecule has 0 bridgehead atoms. The second kappa shape index (κ2) is 2.73. The van der Waals surface area contributed by atoms with E-state index in [4.69, 9.17) is 0 Å². The van der Waals surface area contributed by atoms with Gasteiger partial charge in [0.2, 0.25) is 0 Å². The quantitative estimate of drug-likeness (QED) is 0.634. The Morgan fingerprint density at radius 2 is 2.22 bits per heavy atom. The zero-order valence-corrected chi connectivity index (χ0v) is 7.82. The van der Waals surface area contributed by atoms with Gasteiger partial charge in [-0.2, -0.15) is 0 Å². The molecule has 0 aliphatic carbocycles. The smallest absolute Gasteiger partial charge is 0.0457 e. The summed E-state index contributed by atoms with van der Waals surface area (Å²) in [5.74, 6) is 0. The van der Waals surface area contributed by atoms with Crippen molar-refractivity contribution in [2.45, 2.75) is 13.8 Å². The number of halogens is 1. The van der Waals surface area contributed by atoms with Crippen molar-refractivity contribution in [3.8, 4) is 0 Å². The van der Waals surface area contributed by atoms with E-state index in [-0.39, 0.29) is 0 Å². The highest BCUT2D eigenvalue weighted by molar-refractivity contribution is 14.1. The predicted molar refractivity (Wildman–Crippen MR) is 48.5 cm³/mol. The van der Waals surface area contributed by atoms with E-state index in [9.17, 15) is 0 Å². The molecule has 9 heavy (non-hydrogen) atoms. The molecule has 0 aromatic heterocycles. The first kappa shape index (κ1) is 7.12. The SMILES string of the molecule is CC1=CC(C)=C(I)CN1. The summed E-state index contributed by atoms with van der Waals surface area (Å²) < 4.78 is 1.42. The van der Waals surface area contributed by atoms with Crippen LogP contribution in [0.4, 0.5) is 0 Å². The van der Waals surface area contributed by atoms with Gasteiger partial charge in [0.25, 0.3) is 0 Å². The van der Waals surface area contributed by atoms with E-state index in [1.807, 2.05) is 0 Å². The van der Waals surface area contributed by atoms with Crippen LogP contribution in [-0.4, -0.2) is 6.54 Å². The molecule has 0 fully saturated rings. The van der Waals surface area contributed by atoms with Crippen LogP contribution in [0.1, 0.15) is 13.8 Å². The molecule has 0 unspecified atom stereocenters. The van der Waals surface area contributed by atoms with Crippen LogP contribution >= 0.6 is 22.6 Å². The fraction of sp³-hybridized carbons (Fsp3) is 0.429. The Morgan fingerprint density at radius 3 is 2.67 bits per heavy atom. The summed E-state index contributed by atoms with van der Waals surface area (Å²) in [6.07, 6.45) is 2.17. The van der Waals surface area contributed by atoms with Crippen molar-refractivity contribution in [2.75, 3.05) is 6.54 Å². The molecule has 0 saturated carbocycles. The average Bonchev–Trinajstić information content (AvgIpc) is 1.80. The largest absolute Gasteiger partial charge is 0.384 e. The summed E-state index contributed by atoms with van der Waals surface area (Å²) >= 11 is 2.37. The fourth-order valence-electron chi connectivity index (χ4n) is 0.811. The first-order valence-corrected chi connectivity index (χ1v) is 4.05. The maximum atomic E-state index is 3.26. The summed E-state index contributed by atoms with van der Waals surface area (Å²) in [5, 5.41) is 3.26. The Morgan fingerprint density at radius 1 is 1.56 bits per heavy atom. The maximum absolute atomic E-state index is 3.26. The highest BCUT2D eigenvalue weighted by Gasteiger charge is 2.01. The second-order valence-corrected chi connectivity index (χ2v) is 3.57. The zero-order chi connectivity index (χ0) is 6.85. The Labute approximate surface area is 69.4 Å². The Kier molecular flexibility index (Phi) is 2.16. The molecule has 0 aromatic carbocycles. The number of rotatable bonds is 0. The summed E-state index contributed by atoms with van der Waals surface area (Å²) in [5.41, 5.74) is 2.67. The van der Waals surface area contributed by atoms with E-state index in [1.54, 1.807) is 0 Å². The minimum atomic E-state index is 1.01. The molecule has 2 heteroatoms. The zero-order valence-electron chi connectivity index (χ0n) is 5.66. The van der Waals surface area contributed by atoms with Crippen LogP contribution in [-0.2, 0) is 0 Å². The van der Waals surface area contributed by atoms with Crippen molar-refractivity contribution in [3.05, 3.63) is 20.9 Å². The maximum Gasteiger partial charge on any atom is 0.0457 e. The highest BCUT2D eigenvalue weighted by Crippen LogP contribution is 2.17. The summed E-state index contributed by atoms with van der Waals surface area (Å²) in [4.78, 5) is 0. The van der Waals surface area contributed by atoms with Gasteiger partial charge in [0.1, 0.15) is 0 Å². The summed E-state index contributed by atoms with van der Waals surface area (Å²) in [7, 11) is 0. The lowest BCUT2D eigenvalue weighted by Gasteiger charge is -2.13. The van der Waals surface area contributed by atoms with Crippen LogP contribution < -0.4 is 5.32 Å². The molecule has 1 rings (SSSR count). The van der Waals surface area contributed by atoms with E-state index in [2.05, 4.69) is 47.8 Å².